The molecular weight excluding hydrogens is 118 g/mol. The summed E-state index contributed by atoms with van der Waals surface area (Å²) in [5, 5.41) is 2.55. The Labute approximate surface area is 53.4 Å². The Morgan fingerprint density at radius 3 is 3.22 bits per heavy atom. The first-order chi connectivity index (χ1) is 4.33. The molecule has 1 saturated heterocycles. The number of terminal acetylenes is 1. The predicted octanol–water partition coefficient (Wildman–Crippen LogP) is 0.118. The van der Waals surface area contributed by atoms with E-state index in [0.29, 0.717) is 13.0 Å². The number of carbonyl (C=O) groups excluding carboxylic acids is 1. The first-order valence-electron chi connectivity index (χ1n) is 2.69. The normalized spacial score (nSPS) is 24.3. The maximum Gasteiger partial charge on any atom is 0.407 e. The molecule has 1 aliphatic heterocycles. The van der Waals surface area contributed by atoms with Gasteiger partial charge in [0.05, 0.1) is 6.04 Å². The van der Waals surface area contributed by atoms with Crippen LogP contribution in [0.5, 0.6) is 0 Å². The van der Waals surface area contributed by atoms with Gasteiger partial charge in [-0.1, -0.05) is 0 Å². The van der Waals surface area contributed by atoms with E-state index in [0.717, 1.165) is 0 Å². The molecule has 0 aromatic rings. The van der Waals surface area contributed by atoms with Crippen LogP contribution in [-0.2, 0) is 4.74 Å². The summed E-state index contributed by atoms with van der Waals surface area (Å²) in [4.78, 5) is 10.3. The van der Waals surface area contributed by atoms with Crippen LogP contribution in [0.2, 0.25) is 0 Å². The van der Waals surface area contributed by atoms with E-state index in [1.807, 2.05) is 0 Å². The van der Waals surface area contributed by atoms with Crippen molar-refractivity contribution in [2.75, 3.05) is 6.61 Å². The molecule has 1 amide bonds. The lowest BCUT2D eigenvalue weighted by molar-refractivity contribution is 0.177. The van der Waals surface area contributed by atoms with Gasteiger partial charge in [-0.05, 0) is 0 Å². The summed E-state index contributed by atoms with van der Waals surface area (Å²) in [6.45, 7) is 0.406. The number of alkyl carbamates (subject to hydrolysis) is 1. The molecule has 0 radical (unpaired) electrons. The Morgan fingerprint density at radius 2 is 2.78 bits per heavy atom. The van der Waals surface area contributed by atoms with Crippen LogP contribution < -0.4 is 5.32 Å². The Kier molecular flexibility index (Phi) is 1.59. The average Bonchev–Trinajstić information content (AvgIpc) is 2.17. The number of hydrogen-bond donors (Lipinski definition) is 1. The molecule has 0 spiro atoms. The van der Waals surface area contributed by atoms with Crippen LogP contribution in [0.1, 0.15) is 6.42 Å². The second kappa shape index (κ2) is 2.40. The Balaban J connectivity index is 2.32. The van der Waals surface area contributed by atoms with Crippen LogP contribution in [0, 0.1) is 12.3 Å². The van der Waals surface area contributed by atoms with Crippen molar-refractivity contribution in [1.82, 2.24) is 5.32 Å². The third kappa shape index (κ3) is 1.36. The smallest absolute Gasteiger partial charge is 0.407 e. The van der Waals surface area contributed by atoms with Crippen LogP contribution >= 0.6 is 0 Å². The summed E-state index contributed by atoms with van der Waals surface area (Å²) in [6.07, 6.45) is 5.18. The minimum atomic E-state index is -0.366. The van der Waals surface area contributed by atoms with Gasteiger partial charge in [-0.15, -0.1) is 12.3 Å². The quantitative estimate of drug-likeness (QED) is 0.505. The lowest BCUT2D eigenvalue weighted by Gasteiger charge is -1.97. The van der Waals surface area contributed by atoms with E-state index in [2.05, 4.69) is 16.0 Å². The highest BCUT2D eigenvalue weighted by Gasteiger charge is 2.20. The van der Waals surface area contributed by atoms with Crippen molar-refractivity contribution in [1.29, 1.82) is 0 Å². The highest BCUT2D eigenvalue weighted by Crippen LogP contribution is 1.99. The van der Waals surface area contributed by atoms with Gasteiger partial charge in [-0.25, -0.2) is 4.79 Å². The molecule has 0 aromatic heterocycles. The summed E-state index contributed by atoms with van der Waals surface area (Å²) in [5.74, 6) is 2.44. The number of ether oxygens (including phenoxy) is 1. The van der Waals surface area contributed by atoms with Gasteiger partial charge in [0.25, 0.3) is 0 Å². The summed E-state index contributed by atoms with van der Waals surface area (Å²) in [6, 6.07) is 0.0301. The second-order valence-corrected chi connectivity index (χ2v) is 1.85. The van der Waals surface area contributed by atoms with Gasteiger partial charge in [0.2, 0.25) is 0 Å². The molecule has 0 aliphatic carbocycles. The Morgan fingerprint density at radius 1 is 2.00 bits per heavy atom. The number of rotatable bonds is 1. The number of hydrogen-bond acceptors (Lipinski definition) is 2. The number of carbonyl (C=O) groups is 1. The summed E-state index contributed by atoms with van der Waals surface area (Å²) in [5.41, 5.74) is 0. The fourth-order valence-corrected chi connectivity index (χ4v) is 0.678. The molecule has 1 N–H and O–H groups in total. The minimum absolute atomic E-state index is 0.0301. The molecule has 1 fully saturated rings. The van der Waals surface area contributed by atoms with E-state index >= 15 is 0 Å². The van der Waals surface area contributed by atoms with E-state index in [-0.39, 0.29) is 12.1 Å². The molecule has 1 heterocycles. The zero-order chi connectivity index (χ0) is 6.69. The largest absolute Gasteiger partial charge is 0.447 e. The van der Waals surface area contributed by atoms with Gasteiger partial charge in [0.15, 0.2) is 0 Å². The highest BCUT2D eigenvalue weighted by molar-refractivity contribution is 5.69. The van der Waals surface area contributed by atoms with Crippen LogP contribution in [-0.4, -0.2) is 18.7 Å². The molecule has 0 aromatic carbocycles. The molecule has 0 bridgehead atoms. The first kappa shape index (κ1) is 5.96. The number of amides is 1. The fraction of sp³-hybridized carbons (Fsp3) is 0.500. The van der Waals surface area contributed by atoms with Crippen molar-refractivity contribution in [3.8, 4) is 12.3 Å². The van der Waals surface area contributed by atoms with Gasteiger partial charge in [-0.3, -0.25) is 0 Å². The first-order valence-corrected chi connectivity index (χ1v) is 2.69. The van der Waals surface area contributed by atoms with Crippen molar-refractivity contribution in [2.24, 2.45) is 0 Å². The average molecular weight is 125 g/mol. The molecule has 1 unspecified atom stereocenters. The van der Waals surface area contributed by atoms with Gasteiger partial charge in [0, 0.05) is 6.42 Å². The number of cyclic esters (lactones) is 1. The highest BCUT2D eigenvalue weighted by atomic mass is 16.6. The summed E-state index contributed by atoms with van der Waals surface area (Å²) < 4.78 is 4.57. The fourth-order valence-electron chi connectivity index (χ4n) is 0.678. The standard InChI is InChI=1S/C6H7NO2/c1-2-3-5-4-9-6(8)7-5/h1,5H,3-4H2,(H,7,8). The van der Waals surface area contributed by atoms with Crippen molar-refractivity contribution in [3.63, 3.8) is 0 Å². The zero-order valence-electron chi connectivity index (χ0n) is 4.89. The van der Waals surface area contributed by atoms with Crippen LogP contribution in [0.15, 0.2) is 0 Å². The molecular formula is C6H7NO2. The third-order valence-corrected chi connectivity index (χ3v) is 1.10. The lowest BCUT2D eigenvalue weighted by Crippen LogP contribution is -2.25. The molecule has 1 aliphatic rings. The van der Waals surface area contributed by atoms with E-state index in [1.165, 1.54) is 0 Å². The number of nitrogens with one attached hydrogen (secondary N) is 1. The molecule has 0 saturated carbocycles. The van der Waals surface area contributed by atoms with Crippen molar-refractivity contribution >= 4 is 6.09 Å². The maximum atomic E-state index is 10.3. The zero-order valence-corrected chi connectivity index (χ0v) is 4.89. The van der Waals surface area contributed by atoms with Crippen LogP contribution in [0.25, 0.3) is 0 Å². The molecule has 48 valence electrons. The van der Waals surface area contributed by atoms with Crippen molar-refractivity contribution < 1.29 is 9.53 Å². The second-order valence-electron chi connectivity index (χ2n) is 1.85. The van der Waals surface area contributed by atoms with Crippen LogP contribution in [0.3, 0.4) is 0 Å². The summed E-state index contributed by atoms with van der Waals surface area (Å²) in [7, 11) is 0. The summed E-state index contributed by atoms with van der Waals surface area (Å²) >= 11 is 0. The molecule has 1 atom stereocenters. The molecule has 9 heavy (non-hydrogen) atoms. The van der Waals surface area contributed by atoms with E-state index in [4.69, 9.17) is 6.42 Å². The lowest BCUT2D eigenvalue weighted by atomic mass is 10.2. The van der Waals surface area contributed by atoms with Gasteiger partial charge < -0.3 is 10.1 Å². The topological polar surface area (TPSA) is 38.3 Å². The monoisotopic (exact) mass is 125 g/mol. The molecule has 1 rings (SSSR count). The van der Waals surface area contributed by atoms with Crippen molar-refractivity contribution in [2.45, 2.75) is 12.5 Å². The van der Waals surface area contributed by atoms with Crippen LogP contribution in [0.4, 0.5) is 4.79 Å². The Bertz CT molecular complexity index is 159. The predicted molar refractivity (Wildman–Crippen MR) is 31.7 cm³/mol. The molecule has 3 heteroatoms. The minimum Gasteiger partial charge on any atom is -0.447 e. The van der Waals surface area contributed by atoms with Crippen molar-refractivity contribution in [3.05, 3.63) is 0 Å². The van der Waals surface area contributed by atoms with E-state index < -0.39 is 0 Å². The van der Waals surface area contributed by atoms with Gasteiger partial charge in [-0.2, -0.15) is 0 Å². The van der Waals surface area contributed by atoms with Gasteiger partial charge in [0.1, 0.15) is 6.61 Å². The SMILES string of the molecule is C#CCC1COC(=O)N1. The van der Waals surface area contributed by atoms with E-state index in [1.54, 1.807) is 0 Å². The van der Waals surface area contributed by atoms with E-state index in [9.17, 15) is 4.79 Å². The van der Waals surface area contributed by atoms with Gasteiger partial charge >= 0.3 is 6.09 Å². The maximum absolute atomic E-state index is 10.3. The Hall–Kier alpha value is -1.17. The molecule has 3 nitrogen and oxygen atoms in total. The third-order valence-electron chi connectivity index (χ3n) is 1.10.